The Morgan fingerprint density at radius 1 is 1.29 bits per heavy atom. The average molecular weight is 417 g/mol. The lowest BCUT2D eigenvalue weighted by atomic mass is 10.1. The summed E-state index contributed by atoms with van der Waals surface area (Å²) in [5.74, 6) is 0. The molecule has 0 bridgehead atoms. The Hall–Kier alpha value is 0.150. The minimum Gasteiger partial charge on any atom is -0.377 e. The number of rotatable bonds is 5. The third kappa shape index (κ3) is 4.33. The molecular formula is C13H16BrCl2NO3S. The van der Waals surface area contributed by atoms with Gasteiger partial charge in [0.15, 0.2) is 0 Å². The van der Waals surface area contributed by atoms with Crippen LogP contribution in [0.25, 0.3) is 0 Å². The molecule has 1 aliphatic heterocycles. The standard InChI is InChI=1S/C13H16BrCl2NO3S/c14-5-8-20-11-3-6-17(7-4-11)21(18,19)13-9-10(15)1-2-12(13)16/h1-2,9,11H,3-8H2. The first kappa shape index (κ1) is 17.5. The van der Waals surface area contributed by atoms with Gasteiger partial charge in [0.05, 0.1) is 17.7 Å². The first-order valence-electron chi connectivity index (χ1n) is 6.58. The predicted molar refractivity (Wildman–Crippen MR) is 88.0 cm³/mol. The average Bonchev–Trinajstić information content (AvgIpc) is 2.48. The summed E-state index contributed by atoms with van der Waals surface area (Å²) >= 11 is 15.2. The van der Waals surface area contributed by atoms with Gasteiger partial charge in [0.25, 0.3) is 0 Å². The summed E-state index contributed by atoms with van der Waals surface area (Å²) in [5, 5.41) is 1.33. The molecule has 1 aromatic rings. The van der Waals surface area contributed by atoms with Gasteiger partial charge in [-0.1, -0.05) is 39.1 Å². The lowest BCUT2D eigenvalue weighted by Crippen LogP contribution is -2.41. The van der Waals surface area contributed by atoms with Crippen LogP contribution >= 0.6 is 39.1 Å². The molecular weight excluding hydrogens is 401 g/mol. The molecule has 1 fully saturated rings. The molecule has 21 heavy (non-hydrogen) atoms. The van der Waals surface area contributed by atoms with E-state index in [9.17, 15) is 8.42 Å². The Morgan fingerprint density at radius 2 is 1.95 bits per heavy atom. The Bertz CT molecular complexity index is 589. The molecule has 0 N–H and O–H groups in total. The number of benzene rings is 1. The van der Waals surface area contributed by atoms with Crippen molar-refractivity contribution < 1.29 is 13.2 Å². The summed E-state index contributed by atoms with van der Waals surface area (Å²) < 4.78 is 32.3. The SMILES string of the molecule is O=S(=O)(c1cc(Cl)ccc1Cl)N1CCC(OCCBr)CC1. The van der Waals surface area contributed by atoms with Crippen LogP contribution in [0, 0.1) is 0 Å². The smallest absolute Gasteiger partial charge is 0.244 e. The van der Waals surface area contributed by atoms with Crippen molar-refractivity contribution >= 4 is 49.2 Å². The number of halogens is 3. The summed E-state index contributed by atoms with van der Waals surface area (Å²) in [4.78, 5) is 0.0662. The first-order valence-corrected chi connectivity index (χ1v) is 9.89. The highest BCUT2D eigenvalue weighted by atomic mass is 79.9. The van der Waals surface area contributed by atoms with E-state index in [-0.39, 0.29) is 16.0 Å². The molecule has 1 aliphatic rings. The molecule has 0 saturated carbocycles. The molecule has 1 saturated heterocycles. The third-order valence-corrected chi connectivity index (χ3v) is 6.28. The monoisotopic (exact) mass is 415 g/mol. The van der Waals surface area contributed by atoms with E-state index in [1.54, 1.807) is 6.07 Å². The second-order valence-electron chi connectivity index (χ2n) is 4.74. The van der Waals surface area contributed by atoms with Gasteiger partial charge in [0.2, 0.25) is 10.0 Å². The van der Waals surface area contributed by atoms with Crippen LogP contribution < -0.4 is 0 Å². The molecule has 0 amide bonds. The number of ether oxygens (including phenoxy) is 1. The van der Waals surface area contributed by atoms with Crippen molar-refractivity contribution in [2.75, 3.05) is 25.0 Å². The molecule has 0 aliphatic carbocycles. The van der Waals surface area contributed by atoms with E-state index in [4.69, 9.17) is 27.9 Å². The Balaban J connectivity index is 2.10. The molecule has 1 heterocycles. The summed E-state index contributed by atoms with van der Waals surface area (Å²) in [5.41, 5.74) is 0. The van der Waals surface area contributed by atoms with Gasteiger partial charge in [0, 0.05) is 23.4 Å². The molecule has 0 unspecified atom stereocenters. The van der Waals surface area contributed by atoms with Crippen LogP contribution in [0.5, 0.6) is 0 Å². The van der Waals surface area contributed by atoms with Gasteiger partial charge >= 0.3 is 0 Å². The second-order valence-corrected chi connectivity index (χ2v) is 8.28. The zero-order valence-corrected chi connectivity index (χ0v) is 15.2. The number of sulfonamides is 1. The minimum atomic E-state index is -3.61. The number of hydrogen-bond donors (Lipinski definition) is 0. The predicted octanol–water partition coefficient (Wildman–Crippen LogP) is 3.56. The van der Waals surface area contributed by atoms with Crippen molar-refractivity contribution in [2.45, 2.75) is 23.8 Å². The van der Waals surface area contributed by atoms with Crippen LogP contribution in [0.3, 0.4) is 0 Å². The van der Waals surface area contributed by atoms with E-state index < -0.39 is 10.0 Å². The maximum Gasteiger partial charge on any atom is 0.244 e. The second kappa shape index (κ2) is 7.62. The highest BCUT2D eigenvalue weighted by molar-refractivity contribution is 9.09. The number of alkyl halides is 1. The van der Waals surface area contributed by atoms with E-state index in [0.29, 0.717) is 37.6 Å². The molecule has 8 heteroatoms. The maximum absolute atomic E-state index is 12.6. The van der Waals surface area contributed by atoms with Gasteiger partial charge in [-0.3, -0.25) is 0 Å². The number of hydrogen-bond acceptors (Lipinski definition) is 3. The fourth-order valence-corrected chi connectivity index (χ4v) is 4.66. The summed E-state index contributed by atoms with van der Waals surface area (Å²) in [6.45, 7) is 1.49. The van der Waals surface area contributed by atoms with Crippen molar-refractivity contribution in [1.82, 2.24) is 4.31 Å². The van der Waals surface area contributed by atoms with Gasteiger partial charge in [-0.05, 0) is 31.0 Å². The van der Waals surface area contributed by atoms with Gasteiger partial charge in [-0.25, -0.2) is 8.42 Å². The zero-order chi connectivity index (χ0) is 15.5. The molecule has 2 rings (SSSR count). The molecule has 0 spiro atoms. The van der Waals surface area contributed by atoms with Crippen LogP contribution in [0.15, 0.2) is 23.1 Å². The van der Waals surface area contributed by atoms with Gasteiger partial charge in [-0.15, -0.1) is 0 Å². The van der Waals surface area contributed by atoms with E-state index >= 15 is 0 Å². The Morgan fingerprint density at radius 3 is 2.57 bits per heavy atom. The number of piperidine rings is 1. The van der Waals surface area contributed by atoms with Crippen LogP contribution in [0.1, 0.15) is 12.8 Å². The Labute approximate surface area is 143 Å². The topological polar surface area (TPSA) is 46.6 Å². The van der Waals surface area contributed by atoms with Crippen molar-refractivity contribution in [1.29, 1.82) is 0 Å². The highest BCUT2D eigenvalue weighted by Crippen LogP contribution is 2.29. The first-order chi connectivity index (χ1) is 9.95. The van der Waals surface area contributed by atoms with Crippen LogP contribution in [-0.2, 0) is 14.8 Å². The Kier molecular flexibility index (Phi) is 6.35. The van der Waals surface area contributed by atoms with E-state index in [2.05, 4.69) is 15.9 Å². The van der Waals surface area contributed by atoms with Crippen molar-refractivity contribution in [2.24, 2.45) is 0 Å². The molecule has 0 atom stereocenters. The lowest BCUT2D eigenvalue weighted by Gasteiger charge is -2.31. The maximum atomic E-state index is 12.6. The van der Waals surface area contributed by atoms with Gasteiger partial charge in [-0.2, -0.15) is 4.31 Å². The van der Waals surface area contributed by atoms with Crippen LogP contribution in [-0.4, -0.2) is 43.9 Å². The molecule has 4 nitrogen and oxygen atoms in total. The summed E-state index contributed by atoms with van der Waals surface area (Å²) in [7, 11) is -3.61. The van der Waals surface area contributed by atoms with Crippen molar-refractivity contribution in [3.8, 4) is 0 Å². The van der Waals surface area contributed by atoms with Crippen LogP contribution in [0.2, 0.25) is 10.0 Å². The van der Waals surface area contributed by atoms with Crippen molar-refractivity contribution in [3.05, 3.63) is 28.2 Å². The summed E-state index contributed by atoms with van der Waals surface area (Å²) in [6, 6.07) is 4.47. The lowest BCUT2D eigenvalue weighted by molar-refractivity contribution is 0.0309. The van der Waals surface area contributed by atoms with Crippen molar-refractivity contribution in [3.63, 3.8) is 0 Å². The molecule has 0 radical (unpaired) electrons. The zero-order valence-electron chi connectivity index (χ0n) is 11.3. The van der Waals surface area contributed by atoms with E-state index in [1.807, 2.05) is 0 Å². The summed E-state index contributed by atoms with van der Waals surface area (Å²) in [6.07, 6.45) is 1.48. The fraction of sp³-hybridized carbons (Fsp3) is 0.538. The van der Waals surface area contributed by atoms with Crippen LogP contribution in [0.4, 0.5) is 0 Å². The molecule has 118 valence electrons. The molecule has 1 aromatic carbocycles. The highest BCUT2D eigenvalue weighted by Gasteiger charge is 2.31. The largest absolute Gasteiger partial charge is 0.377 e. The quantitative estimate of drug-likeness (QED) is 0.689. The number of nitrogens with zero attached hydrogens (tertiary/aromatic N) is 1. The third-order valence-electron chi connectivity index (χ3n) is 3.34. The molecule has 0 aromatic heterocycles. The minimum absolute atomic E-state index is 0.0662. The van der Waals surface area contributed by atoms with Gasteiger partial charge < -0.3 is 4.74 Å². The normalized spacial score (nSPS) is 18.0. The fourth-order valence-electron chi connectivity index (χ4n) is 2.26. The van der Waals surface area contributed by atoms with E-state index in [0.717, 1.165) is 5.33 Å². The van der Waals surface area contributed by atoms with Gasteiger partial charge in [0.1, 0.15) is 4.90 Å². The van der Waals surface area contributed by atoms with E-state index in [1.165, 1.54) is 16.4 Å².